The number of carbonyl (C=O) groups excluding carboxylic acids is 3. The first-order valence-electron chi connectivity index (χ1n) is 9.31. The van der Waals surface area contributed by atoms with Gasteiger partial charge in [0.05, 0.1) is 4.87 Å². The van der Waals surface area contributed by atoms with Crippen LogP contribution in [0.1, 0.15) is 44.0 Å². The van der Waals surface area contributed by atoms with E-state index in [4.69, 9.17) is 0 Å². The van der Waals surface area contributed by atoms with Crippen molar-refractivity contribution in [3.63, 3.8) is 0 Å². The van der Waals surface area contributed by atoms with Crippen LogP contribution in [0.5, 0.6) is 0 Å². The molecule has 0 radical (unpaired) electrons. The Labute approximate surface area is 163 Å². The molecule has 0 aromatic heterocycles. The van der Waals surface area contributed by atoms with Gasteiger partial charge in [-0.15, -0.1) is 11.8 Å². The third-order valence-corrected chi connectivity index (χ3v) is 6.81. The third-order valence-electron chi connectivity index (χ3n) is 5.30. The highest BCUT2D eigenvalue weighted by molar-refractivity contribution is 8.01. The van der Waals surface area contributed by atoms with Crippen molar-refractivity contribution in [1.29, 1.82) is 0 Å². The molecule has 2 aliphatic rings. The van der Waals surface area contributed by atoms with Gasteiger partial charge < -0.3 is 9.80 Å². The number of nitrogens with zero attached hydrogens (tertiary/aromatic N) is 2. The number of benzene rings is 1. The number of hydrogen-bond acceptors (Lipinski definition) is 5. The summed E-state index contributed by atoms with van der Waals surface area (Å²) in [5, 5.41) is 0. The standard InChI is InChI=1S/C19H26N4O3S/c1-4-22(5-2)14-8-6-13(7-9-14)17(25)20-21-18(26)15-12-27-19(3)11-10-16(24)23(15)19/h6-9,15H,4-5,10-12H2,1-3H3,(H,20,25)(H,21,26)/t15-,19+/m1/s1. The topological polar surface area (TPSA) is 81.8 Å². The van der Waals surface area contributed by atoms with E-state index in [1.807, 2.05) is 19.1 Å². The zero-order valence-electron chi connectivity index (χ0n) is 15.9. The van der Waals surface area contributed by atoms with Crippen LogP contribution in [0.3, 0.4) is 0 Å². The summed E-state index contributed by atoms with van der Waals surface area (Å²) >= 11 is 1.62. The molecule has 0 spiro atoms. The Kier molecular flexibility index (Phi) is 5.64. The van der Waals surface area contributed by atoms with Crippen LogP contribution in [-0.4, -0.2) is 52.4 Å². The van der Waals surface area contributed by atoms with Crippen molar-refractivity contribution in [2.45, 2.75) is 44.5 Å². The minimum Gasteiger partial charge on any atom is -0.372 e. The summed E-state index contributed by atoms with van der Waals surface area (Å²) in [5.41, 5.74) is 6.46. The van der Waals surface area contributed by atoms with Gasteiger partial charge in [-0.3, -0.25) is 25.2 Å². The molecular weight excluding hydrogens is 364 g/mol. The van der Waals surface area contributed by atoms with Gasteiger partial charge in [-0.05, 0) is 51.5 Å². The maximum absolute atomic E-state index is 12.5. The van der Waals surface area contributed by atoms with Crippen molar-refractivity contribution in [1.82, 2.24) is 15.8 Å². The lowest BCUT2D eigenvalue weighted by molar-refractivity contribution is -0.138. The second-order valence-electron chi connectivity index (χ2n) is 6.93. The molecule has 0 saturated carbocycles. The van der Waals surface area contributed by atoms with Gasteiger partial charge >= 0.3 is 0 Å². The van der Waals surface area contributed by atoms with Gasteiger partial charge in [0.2, 0.25) is 5.91 Å². The highest BCUT2D eigenvalue weighted by Crippen LogP contribution is 2.47. The first-order valence-corrected chi connectivity index (χ1v) is 10.3. The van der Waals surface area contributed by atoms with E-state index in [0.29, 0.717) is 17.7 Å². The first-order chi connectivity index (χ1) is 12.9. The molecule has 2 atom stereocenters. The van der Waals surface area contributed by atoms with Crippen molar-refractivity contribution in [3.05, 3.63) is 29.8 Å². The summed E-state index contributed by atoms with van der Waals surface area (Å²) in [5.74, 6) is -0.186. The number of rotatable bonds is 5. The molecule has 2 aliphatic heterocycles. The number of anilines is 1. The van der Waals surface area contributed by atoms with Gasteiger partial charge in [0.1, 0.15) is 6.04 Å². The molecular formula is C19H26N4O3S. The van der Waals surface area contributed by atoms with E-state index >= 15 is 0 Å². The molecule has 0 unspecified atom stereocenters. The Balaban J connectivity index is 1.58. The van der Waals surface area contributed by atoms with E-state index in [1.165, 1.54) is 0 Å². The third kappa shape index (κ3) is 3.76. The molecule has 1 aromatic carbocycles. The average Bonchev–Trinajstić information content (AvgIpc) is 3.17. The van der Waals surface area contributed by atoms with Gasteiger partial charge in [-0.25, -0.2) is 0 Å². The maximum atomic E-state index is 12.5. The lowest BCUT2D eigenvalue weighted by Gasteiger charge is -2.29. The number of amides is 3. The van der Waals surface area contributed by atoms with Crippen molar-refractivity contribution >= 4 is 35.2 Å². The number of carbonyl (C=O) groups is 3. The summed E-state index contributed by atoms with van der Waals surface area (Å²) in [6.07, 6.45) is 1.23. The predicted molar refractivity (Wildman–Crippen MR) is 106 cm³/mol. The second-order valence-corrected chi connectivity index (χ2v) is 8.43. The summed E-state index contributed by atoms with van der Waals surface area (Å²) in [7, 11) is 0. The summed E-state index contributed by atoms with van der Waals surface area (Å²) in [6, 6.07) is 6.72. The van der Waals surface area contributed by atoms with Crippen LogP contribution in [0.15, 0.2) is 24.3 Å². The molecule has 1 aromatic rings. The summed E-state index contributed by atoms with van der Waals surface area (Å²) < 4.78 is 0. The Morgan fingerprint density at radius 3 is 2.52 bits per heavy atom. The molecule has 2 N–H and O–H groups in total. The van der Waals surface area contributed by atoms with Crippen molar-refractivity contribution in [2.24, 2.45) is 0 Å². The monoisotopic (exact) mass is 390 g/mol. The Morgan fingerprint density at radius 1 is 1.22 bits per heavy atom. The predicted octanol–water partition coefficient (Wildman–Crippen LogP) is 1.75. The molecule has 0 bridgehead atoms. The van der Waals surface area contributed by atoms with Crippen molar-refractivity contribution in [2.75, 3.05) is 23.7 Å². The van der Waals surface area contributed by atoms with Gasteiger partial charge in [0.25, 0.3) is 11.8 Å². The number of fused-ring (bicyclic) bond motifs is 1. The van der Waals surface area contributed by atoms with Crippen LogP contribution < -0.4 is 15.8 Å². The van der Waals surface area contributed by atoms with E-state index in [1.54, 1.807) is 28.8 Å². The van der Waals surface area contributed by atoms with E-state index in [2.05, 4.69) is 29.6 Å². The molecule has 146 valence electrons. The van der Waals surface area contributed by atoms with Gasteiger partial charge in [0, 0.05) is 36.5 Å². The molecule has 0 aliphatic carbocycles. The first kappa shape index (κ1) is 19.5. The zero-order valence-corrected chi connectivity index (χ0v) is 16.8. The zero-order chi connectivity index (χ0) is 19.6. The molecule has 8 heteroatoms. The molecule has 3 rings (SSSR count). The molecule has 3 amide bonds. The maximum Gasteiger partial charge on any atom is 0.269 e. The number of hydrazine groups is 1. The normalized spacial score (nSPS) is 23.9. The van der Waals surface area contributed by atoms with E-state index in [9.17, 15) is 14.4 Å². The number of hydrogen-bond donors (Lipinski definition) is 2. The highest BCUT2D eigenvalue weighted by Gasteiger charge is 2.52. The fourth-order valence-corrected chi connectivity index (χ4v) is 5.13. The van der Waals surface area contributed by atoms with Gasteiger partial charge in [0.15, 0.2) is 0 Å². The van der Waals surface area contributed by atoms with E-state index < -0.39 is 6.04 Å². The Bertz CT molecular complexity index is 735. The fraction of sp³-hybridized carbons (Fsp3) is 0.526. The van der Waals surface area contributed by atoms with Gasteiger partial charge in [-0.2, -0.15) is 0 Å². The fourth-order valence-electron chi connectivity index (χ4n) is 3.70. The van der Waals surface area contributed by atoms with Crippen molar-refractivity contribution < 1.29 is 14.4 Å². The van der Waals surface area contributed by atoms with Crippen LogP contribution in [0, 0.1) is 0 Å². The minimum absolute atomic E-state index is 0.000896. The quantitative estimate of drug-likeness (QED) is 0.749. The largest absolute Gasteiger partial charge is 0.372 e. The summed E-state index contributed by atoms with van der Waals surface area (Å²) in [6.45, 7) is 7.94. The summed E-state index contributed by atoms with van der Waals surface area (Å²) in [4.78, 5) is 40.5. The highest BCUT2D eigenvalue weighted by atomic mass is 32.2. The average molecular weight is 391 g/mol. The minimum atomic E-state index is -0.541. The van der Waals surface area contributed by atoms with Crippen LogP contribution in [0.2, 0.25) is 0 Å². The van der Waals surface area contributed by atoms with Crippen molar-refractivity contribution in [3.8, 4) is 0 Å². The molecule has 2 saturated heterocycles. The number of thioether (sulfide) groups is 1. The SMILES string of the molecule is CCN(CC)c1ccc(C(=O)NNC(=O)[C@H]2CS[C@@]3(C)CCC(=O)N23)cc1. The number of nitrogens with one attached hydrogen (secondary N) is 2. The Morgan fingerprint density at radius 2 is 1.89 bits per heavy atom. The molecule has 27 heavy (non-hydrogen) atoms. The van der Waals surface area contributed by atoms with E-state index in [0.717, 1.165) is 25.2 Å². The molecule has 2 fully saturated rings. The lowest BCUT2D eigenvalue weighted by Crippen LogP contribution is -2.54. The molecule has 7 nitrogen and oxygen atoms in total. The van der Waals surface area contributed by atoms with E-state index in [-0.39, 0.29) is 22.6 Å². The van der Waals surface area contributed by atoms with Crippen LogP contribution >= 0.6 is 11.8 Å². The van der Waals surface area contributed by atoms with Crippen LogP contribution in [0.4, 0.5) is 5.69 Å². The van der Waals surface area contributed by atoms with Gasteiger partial charge in [-0.1, -0.05) is 0 Å². The smallest absolute Gasteiger partial charge is 0.269 e. The Hall–Kier alpha value is -2.22. The van der Waals surface area contributed by atoms with Crippen LogP contribution in [-0.2, 0) is 9.59 Å². The lowest BCUT2D eigenvalue weighted by atomic mass is 10.2. The second kappa shape index (κ2) is 7.80. The van der Waals surface area contributed by atoms with Crippen LogP contribution in [0.25, 0.3) is 0 Å². The molecule has 2 heterocycles.